The molecule has 3 aromatic rings. The van der Waals surface area contributed by atoms with Gasteiger partial charge in [0.25, 0.3) is 5.91 Å². The van der Waals surface area contributed by atoms with Crippen LogP contribution in [-0.2, 0) is 14.3 Å². The first-order valence-corrected chi connectivity index (χ1v) is 13.8. The highest BCUT2D eigenvalue weighted by Gasteiger charge is 2.38. The van der Waals surface area contributed by atoms with E-state index in [-0.39, 0.29) is 18.2 Å². The Morgan fingerprint density at radius 2 is 1.73 bits per heavy atom. The number of anilines is 1. The molecule has 3 unspecified atom stereocenters. The van der Waals surface area contributed by atoms with Crippen LogP contribution >= 0.6 is 0 Å². The summed E-state index contributed by atoms with van der Waals surface area (Å²) in [6.45, 7) is 14.6. The Hall–Kier alpha value is -4.33. The third-order valence-corrected chi connectivity index (χ3v) is 6.87. The Bertz CT molecular complexity index is 1410. The van der Waals surface area contributed by atoms with E-state index < -0.39 is 35.6 Å². The molecule has 3 atom stereocenters. The molecule has 0 aromatic heterocycles. The van der Waals surface area contributed by atoms with Gasteiger partial charge in [-0.05, 0) is 79.8 Å². The molecule has 0 bridgehead atoms. The van der Waals surface area contributed by atoms with Crippen LogP contribution < -0.4 is 10.6 Å². The van der Waals surface area contributed by atoms with Gasteiger partial charge in [0, 0.05) is 12.2 Å². The number of amides is 3. The molecule has 0 aliphatic rings. The lowest BCUT2D eigenvalue weighted by Gasteiger charge is -2.35. The van der Waals surface area contributed by atoms with Crippen molar-refractivity contribution in [3.05, 3.63) is 84.4 Å². The van der Waals surface area contributed by atoms with Crippen molar-refractivity contribution in [2.45, 2.75) is 65.6 Å². The lowest BCUT2D eigenvalue weighted by atomic mass is 9.95. The lowest BCUT2D eigenvalue weighted by molar-refractivity contribution is -0.141. The minimum atomic E-state index is -1.08. The van der Waals surface area contributed by atoms with Crippen molar-refractivity contribution >= 4 is 34.4 Å². The zero-order valence-corrected chi connectivity index (χ0v) is 24.7. The number of benzene rings is 3. The van der Waals surface area contributed by atoms with Crippen molar-refractivity contribution in [1.82, 2.24) is 10.2 Å². The second-order valence-corrected chi connectivity index (χ2v) is 11.3. The number of alkyl carbamates (subject to hydrolysis) is 1. The number of hydrogen-bond acceptors (Lipinski definition) is 5. The molecule has 3 rings (SSSR count). The quantitative estimate of drug-likeness (QED) is 0.246. The van der Waals surface area contributed by atoms with Crippen LogP contribution in [0.1, 0.15) is 58.2 Å². The molecule has 41 heavy (non-hydrogen) atoms. The van der Waals surface area contributed by atoms with Gasteiger partial charge in [-0.3, -0.25) is 9.59 Å². The van der Waals surface area contributed by atoms with Gasteiger partial charge in [0.15, 0.2) is 0 Å². The molecule has 0 radical (unpaired) electrons. The topological polar surface area (TPSA) is 108 Å². The fourth-order valence-corrected chi connectivity index (χ4v) is 4.56. The molecule has 0 heterocycles. The highest BCUT2D eigenvalue weighted by Crippen LogP contribution is 2.30. The molecule has 0 fully saturated rings. The molecule has 8 heteroatoms. The van der Waals surface area contributed by atoms with Crippen LogP contribution in [0.4, 0.5) is 10.5 Å². The molecule has 8 nitrogen and oxygen atoms in total. The predicted octanol–water partition coefficient (Wildman–Crippen LogP) is 6.49. The smallest absolute Gasteiger partial charge is 0.408 e. The zero-order valence-electron chi connectivity index (χ0n) is 24.7. The first kappa shape index (κ1) is 31.2. The number of rotatable bonds is 10. The van der Waals surface area contributed by atoms with Gasteiger partial charge in [-0.1, -0.05) is 62.7 Å². The minimum absolute atomic E-state index is 0.0392. The molecular formula is C33H41N3O5. The Morgan fingerprint density at radius 3 is 2.34 bits per heavy atom. The van der Waals surface area contributed by atoms with E-state index in [0.717, 1.165) is 10.8 Å². The van der Waals surface area contributed by atoms with Gasteiger partial charge in [0.05, 0.1) is 0 Å². The third kappa shape index (κ3) is 8.10. The number of ether oxygens (including phenoxy) is 1. The molecule has 218 valence electrons. The predicted molar refractivity (Wildman–Crippen MR) is 163 cm³/mol. The SMILES string of the molecule is C=CCN(C(=O)C(NC(=O)OC(C)(C)C)C(C)CC)C(C(=O)Nc1ccc2ccccc2c1)c1ccc(O)c(C)c1. The maximum atomic E-state index is 14.2. The summed E-state index contributed by atoms with van der Waals surface area (Å²) in [5.41, 5.74) is 0.890. The van der Waals surface area contributed by atoms with Crippen molar-refractivity contribution < 1.29 is 24.2 Å². The summed E-state index contributed by atoms with van der Waals surface area (Å²) < 4.78 is 5.44. The van der Waals surface area contributed by atoms with E-state index in [2.05, 4.69) is 17.2 Å². The molecule has 0 saturated carbocycles. The molecule has 3 aromatic carbocycles. The van der Waals surface area contributed by atoms with E-state index in [1.807, 2.05) is 56.3 Å². The number of carbonyl (C=O) groups is 3. The minimum Gasteiger partial charge on any atom is -0.508 e. The second kappa shape index (κ2) is 13.4. The summed E-state index contributed by atoms with van der Waals surface area (Å²) in [5, 5.41) is 17.9. The highest BCUT2D eigenvalue weighted by atomic mass is 16.6. The number of aryl methyl sites for hydroxylation is 1. The zero-order chi connectivity index (χ0) is 30.3. The van der Waals surface area contributed by atoms with Crippen molar-refractivity contribution in [2.24, 2.45) is 5.92 Å². The summed E-state index contributed by atoms with van der Waals surface area (Å²) in [4.78, 5) is 42.4. The lowest BCUT2D eigenvalue weighted by Crippen LogP contribution is -2.54. The Morgan fingerprint density at radius 1 is 1.05 bits per heavy atom. The summed E-state index contributed by atoms with van der Waals surface area (Å²) >= 11 is 0. The number of aromatic hydroxyl groups is 1. The van der Waals surface area contributed by atoms with Gasteiger partial charge >= 0.3 is 6.09 Å². The average molecular weight is 560 g/mol. The van der Waals surface area contributed by atoms with E-state index in [1.54, 1.807) is 45.9 Å². The Kier molecular flexibility index (Phi) is 10.2. The van der Waals surface area contributed by atoms with Crippen LogP contribution in [0.2, 0.25) is 0 Å². The van der Waals surface area contributed by atoms with Gasteiger partial charge in [-0.15, -0.1) is 6.58 Å². The molecule has 3 N–H and O–H groups in total. The monoisotopic (exact) mass is 559 g/mol. The third-order valence-electron chi connectivity index (χ3n) is 6.87. The van der Waals surface area contributed by atoms with E-state index in [1.165, 1.54) is 11.0 Å². The molecule has 0 spiro atoms. The maximum absolute atomic E-state index is 14.2. The van der Waals surface area contributed by atoms with Crippen LogP contribution in [0, 0.1) is 12.8 Å². The summed E-state index contributed by atoms with van der Waals surface area (Å²) in [5.74, 6) is -1.07. The van der Waals surface area contributed by atoms with Crippen molar-refractivity contribution in [2.75, 3.05) is 11.9 Å². The van der Waals surface area contributed by atoms with Gasteiger partial charge in [-0.2, -0.15) is 0 Å². The number of carbonyl (C=O) groups excluding carboxylic acids is 3. The Balaban J connectivity index is 2.05. The largest absolute Gasteiger partial charge is 0.508 e. The number of fused-ring (bicyclic) bond motifs is 1. The number of nitrogens with zero attached hydrogens (tertiary/aromatic N) is 1. The van der Waals surface area contributed by atoms with Gasteiger partial charge < -0.3 is 25.4 Å². The number of nitrogens with one attached hydrogen (secondary N) is 2. The van der Waals surface area contributed by atoms with Crippen molar-refractivity contribution in [3.63, 3.8) is 0 Å². The summed E-state index contributed by atoms with van der Waals surface area (Å²) in [6.07, 6.45) is 1.43. The fourth-order valence-electron chi connectivity index (χ4n) is 4.56. The van der Waals surface area contributed by atoms with E-state index >= 15 is 0 Å². The van der Waals surface area contributed by atoms with E-state index in [4.69, 9.17) is 4.74 Å². The van der Waals surface area contributed by atoms with Crippen LogP contribution in [0.5, 0.6) is 5.75 Å². The van der Waals surface area contributed by atoms with Crippen LogP contribution in [0.3, 0.4) is 0 Å². The standard InChI is InChI=1S/C33H41N3O5/c1-8-18-36(31(39)28(21(3)9-2)35-32(40)41-33(5,6)7)29(25-15-17-27(37)22(4)19-25)30(38)34-26-16-14-23-12-10-11-13-24(23)20-26/h8,10-17,19-21,28-29,37H,1,9,18H2,2-7H3,(H,34,38)(H,35,40). The first-order valence-electron chi connectivity index (χ1n) is 13.8. The molecule has 0 aliphatic heterocycles. The van der Waals surface area contributed by atoms with Crippen molar-refractivity contribution in [3.8, 4) is 5.75 Å². The van der Waals surface area contributed by atoms with E-state index in [9.17, 15) is 19.5 Å². The molecule has 0 aliphatic carbocycles. The van der Waals surface area contributed by atoms with Gasteiger partial charge in [-0.25, -0.2) is 4.79 Å². The molecular weight excluding hydrogens is 518 g/mol. The highest BCUT2D eigenvalue weighted by molar-refractivity contribution is 6.00. The maximum Gasteiger partial charge on any atom is 0.408 e. The second-order valence-electron chi connectivity index (χ2n) is 11.3. The summed E-state index contributed by atoms with van der Waals surface area (Å²) in [7, 11) is 0. The first-order chi connectivity index (χ1) is 19.3. The average Bonchev–Trinajstić information content (AvgIpc) is 2.91. The van der Waals surface area contributed by atoms with Gasteiger partial charge in [0.2, 0.25) is 5.91 Å². The number of hydrogen-bond donors (Lipinski definition) is 3. The Labute approximate surface area is 242 Å². The molecule has 3 amide bonds. The van der Waals surface area contributed by atoms with Gasteiger partial charge in [0.1, 0.15) is 23.4 Å². The van der Waals surface area contributed by atoms with Crippen LogP contribution in [0.25, 0.3) is 10.8 Å². The van der Waals surface area contributed by atoms with Crippen molar-refractivity contribution in [1.29, 1.82) is 0 Å². The fraction of sp³-hybridized carbons (Fsp3) is 0.364. The van der Waals surface area contributed by atoms with Crippen LogP contribution in [-0.4, -0.2) is 46.1 Å². The number of phenolic OH excluding ortho intramolecular Hbond substituents is 1. The summed E-state index contributed by atoms with van der Waals surface area (Å²) in [6, 6.07) is 16.2. The van der Waals surface area contributed by atoms with Crippen LogP contribution in [0.15, 0.2) is 73.3 Å². The van der Waals surface area contributed by atoms with E-state index in [0.29, 0.717) is 23.2 Å². The normalized spacial score (nSPS) is 13.5. The number of phenols is 1. The molecule has 0 saturated heterocycles.